The standard InChI is InChI=1S/C18H33ClN4O2/c19-13-3-1-12(2-4-13)17-15-5-6-20-10-16(15)18(23-22-17)21-9-14-11-24-7-8-25-14/h12-18,20-23H,1-11H2/t12?,13?,14-,15?,16?,17?,18?/m0/s1. The molecule has 3 aliphatic heterocycles. The highest BCUT2D eigenvalue weighted by Crippen LogP contribution is 2.38. The summed E-state index contributed by atoms with van der Waals surface area (Å²) in [6.45, 7) is 5.19. The van der Waals surface area contributed by atoms with Crippen LogP contribution in [0.4, 0.5) is 0 Å². The number of piperidine rings is 1. The molecule has 5 atom stereocenters. The highest BCUT2D eigenvalue weighted by molar-refractivity contribution is 6.20. The molecular weight excluding hydrogens is 340 g/mol. The second kappa shape index (κ2) is 8.83. The molecule has 4 aliphatic rings. The summed E-state index contributed by atoms with van der Waals surface area (Å²) in [7, 11) is 0. The van der Waals surface area contributed by atoms with E-state index in [-0.39, 0.29) is 12.3 Å². The van der Waals surface area contributed by atoms with E-state index in [1.807, 2.05) is 0 Å². The van der Waals surface area contributed by atoms with Gasteiger partial charge in [-0.2, -0.15) is 0 Å². The summed E-state index contributed by atoms with van der Waals surface area (Å²) in [6.07, 6.45) is 6.56. The molecule has 4 unspecified atom stereocenters. The number of hydrogen-bond donors (Lipinski definition) is 4. The fourth-order valence-corrected chi connectivity index (χ4v) is 5.39. The maximum atomic E-state index is 6.32. The van der Waals surface area contributed by atoms with Gasteiger partial charge in [0.1, 0.15) is 0 Å². The normalized spacial score (nSPS) is 45.7. The molecule has 0 aromatic carbocycles. The Bertz CT molecular complexity index is 416. The summed E-state index contributed by atoms with van der Waals surface area (Å²) in [6, 6.07) is 0.573. The third-order valence-electron chi connectivity index (χ3n) is 6.54. The third kappa shape index (κ3) is 4.49. The molecule has 1 saturated carbocycles. The Balaban J connectivity index is 1.34. The van der Waals surface area contributed by atoms with Gasteiger partial charge in [-0.15, -0.1) is 11.6 Å². The van der Waals surface area contributed by atoms with Crippen LogP contribution in [0.1, 0.15) is 32.1 Å². The molecule has 0 amide bonds. The Labute approximate surface area is 156 Å². The summed E-state index contributed by atoms with van der Waals surface area (Å²) in [5, 5.41) is 7.67. The molecule has 4 rings (SSSR count). The largest absolute Gasteiger partial charge is 0.376 e. The van der Waals surface area contributed by atoms with E-state index in [9.17, 15) is 0 Å². The van der Waals surface area contributed by atoms with E-state index in [2.05, 4.69) is 21.5 Å². The van der Waals surface area contributed by atoms with Crippen LogP contribution in [0.25, 0.3) is 0 Å². The van der Waals surface area contributed by atoms with Crippen molar-refractivity contribution in [2.45, 2.75) is 55.8 Å². The average molecular weight is 373 g/mol. The van der Waals surface area contributed by atoms with Gasteiger partial charge < -0.3 is 14.8 Å². The van der Waals surface area contributed by atoms with Gasteiger partial charge in [0.2, 0.25) is 0 Å². The molecule has 3 saturated heterocycles. The van der Waals surface area contributed by atoms with E-state index in [0.717, 1.165) is 38.1 Å². The monoisotopic (exact) mass is 372 g/mol. The summed E-state index contributed by atoms with van der Waals surface area (Å²) >= 11 is 6.32. The SMILES string of the molecule is ClC1CCC(C2NNC(NC[C@H]3COCCO3)C3CNCCC32)CC1. The first kappa shape index (κ1) is 18.4. The van der Waals surface area contributed by atoms with Crippen LogP contribution < -0.4 is 21.5 Å². The van der Waals surface area contributed by atoms with Crippen molar-refractivity contribution in [3.8, 4) is 0 Å². The number of nitrogens with one attached hydrogen (secondary N) is 4. The van der Waals surface area contributed by atoms with Crippen LogP contribution in [0.2, 0.25) is 0 Å². The Morgan fingerprint density at radius 3 is 2.68 bits per heavy atom. The lowest BCUT2D eigenvalue weighted by Crippen LogP contribution is -2.70. The van der Waals surface area contributed by atoms with E-state index >= 15 is 0 Å². The van der Waals surface area contributed by atoms with Crippen LogP contribution in [0.5, 0.6) is 0 Å². The van der Waals surface area contributed by atoms with Gasteiger partial charge in [0, 0.05) is 30.4 Å². The molecule has 1 aliphatic carbocycles. The molecule has 0 aromatic heterocycles. The van der Waals surface area contributed by atoms with Crippen molar-refractivity contribution >= 4 is 11.6 Å². The van der Waals surface area contributed by atoms with Crippen molar-refractivity contribution in [1.82, 2.24) is 21.5 Å². The van der Waals surface area contributed by atoms with Crippen LogP contribution in [-0.2, 0) is 9.47 Å². The van der Waals surface area contributed by atoms with Gasteiger partial charge >= 0.3 is 0 Å². The van der Waals surface area contributed by atoms with E-state index in [0.29, 0.717) is 30.6 Å². The Morgan fingerprint density at radius 2 is 1.88 bits per heavy atom. The van der Waals surface area contributed by atoms with Crippen LogP contribution >= 0.6 is 11.6 Å². The molecule has 0 spiro atoms. The first-order valence-corrected chi connectivity index (χ1v) is 10.5. The summed E-state index contributed by atoms with van der Waals surface area (Å²) < 4.78 is 11.3. The number of ether oxygens (including phenoxy) is 2. The minimum Gasteiger partial charge on any atom is -0.376 e. The lowest BCUT2D eigenvalue weighted by molar-refractivity contribution is -0.0896. The first-order valence-electron chi connectivity index (χ1n) is 10.1. The highest BCUT2D eigenvalue weighted by Gasteiger charge is 2.44. The fourth-order valence-electron chi connectivity index (χ4n) is 5.13. The van der Waals surface area contributed by atoms with Gasteiger partial charge in [0.25, 0.3) is 0 Å². The summed E-state index contributed by atoms with van der Waals surface area (Å²) in [5.41, 5.74) is 7.27. The van der Waals surface area contributed by atoms with Gasteiger partial charge in [-0.05, 0) is 50.5 Å². The Morgan fingerprint density at radius 1 is 1.00 bits per heavy atom. The number of rotatable bonds is 4. The zero-order valence-electron chi connectivity index (χ0n) is 15.0. The zero-order chi connectivity index (χ0) is 17.1. The van der Waals surface area contributed by atoms with Crippen LogP contribution in [0, 0.1) is 17.8 Å². The van der Waals surface area contributed by atoms with E-state index < -0.39 is 0 Å². The molecule has 3 heterocycles. The number of alkyl halides is 1. The van der Waals surface area contributed by atoms with Gasteiger partial charge in [-0.1, -0.05) is 0 Å². The Hall–Kier alpha value is 0.0500. The maximum absolute atomic E-state index is 6.32. The maximum Gasteiger partial charge on any atom is 0.0934 e. The predicted molar refractivity (Wildman–Crippen MR) is 98.5 cm³/mol. The van der Waals surface area contributed by atoms with Crippen molar-refractivity contribution in [2.75, 3.05) is 39.5 Å². The molecule has 0 bridgehead atoms. The number of halogens is 1. The molecule has 0 radical (unpaired) electrons. The molecule has 144 valence electrons. The highest BCUT2D eigenvalue weighted by atomic mass is 35.5. The molecule has 4 fully saturated rings. The molecule has 25 heavy (non-hydrogen) atoms. The molecular formula is C18H33ClN4O2. The summed E-state index contributed by atoms with van der Waals surface area (Å²) in [5.74, 6) is 2.09. The molecule has 6 nitrogen and oxygen atoms in total. The van der Waals surface area contributed by atoms with Crippen molar-refractivity contribution in [1.29, 1.82) is 0 Å². The number of hydrogen-bond acceptors (Lipinski definition) is 6. The lowest BCUT2D eigenvalue weighted by Gasteiger charge is -2.50. The second-order valence-corrected chi connectivity index (χ2v) is 8.72. The lowest BCUT2D eigenvalue weighted by atomic mass is 9.70. The fraction of sp³-hybridized carbons (Fsp3) is 1.00. The third-order valence-corrected chi connectivity index (χ3v) is 6.98. The second-order valence-electron chi connectivity index (χ2n) is 8.10. The topological polar surface area (TPSA) is 66.6 Å². The van der Waals surface area contributed by atoms with Gasteiger partial charge in [0.15, 0.2) is 0 Å². The van der Waals surface area contributed by atoms with Gasteiger partial charge in [0.05, 0.1) is 32.1 Å². The quantitative estimate of drug-likeness (QED) is 0.548. The minimum absolute atomic E-state index is 0.169. The zero-order valence-corrected chi connectivity index (χ0v) is 15.8. The van der Waals surface area contributed by atoms with Crippen LogP contribution in [-0.4, -0.2) is 63.1 Å². The van der Waals surface area contributed by atoms with Crippen molar-refractivity contribution in [3.05, 3.63) is 0 Å². The van der Waals surface area contributed by atoms with E-state index in [1.165, 1.54) is 32.1 Å². The summed E-state index contributed by atoms with van der Waals surface area (Å²) in [4.78, 5) is 0. The average Bonchev–Trinajstić information content (AvgIpc) is 2.68. The number of fused-ring (bicyclic) bond motifs is 1. The Kier molecular flexibility index (Phi) is 6.50. The molecule has 0 aromatic rings. The van der Waals surface area contributed by atoms with Crippen molar-refractivity contribution < 1.29 is 9.47 Å². The van der Waals surface area contributed by atoms with E-state index in [1.54, 1.807) is 0 Å². The van der Waals surface area contributed by atoms with E-state index in [4.69, 9.17) is 21.1 Å². The minimum atomic E-state index is 0.169. The number of hydrazine groups is 1. The smallest absolute Gasteiger partial charge is 0.0934 e. The van der Waals surface area contributed by atoms with Crippen molar-refractivity contribution in [2.24, 2.45) is 17.8 Å². The van der Waals surface area contributed by atoms with Gasteiger partial charge in [-0.3, -0.25) is 10.7 Å². The first-order chi connectivity index (χ1) is 12.3. The van der Waals surface area contributed by atoms with Gasteiger partial charge in [-0.25, -0.2) is 5.43 Å². The molecule has 4 N–H and O–H groups in total. The predicted octanol–water partition coefficient (Wildman–Crippen LogP) is 0.817. The van der Waals surface area contributed by atoms with Crippen LogP contribution in [0.3, 0.4) is 0 Å². The molecule has 7 heteroatoms. The van der Waals surface area contributed by atoms with Crippen molar-refractivity contribution in [3.63, 3.8) is 0 Å². The van der Waals surface area contributed by atoms with Crippen LogP contribution in [0.15, 0.2) is 0 Å².